The lowest BCUT2D eigenvalue weighted by atomic mass is 10.2. The highest BCUT2D eigenvalue weighted by Gasteiger charge is 2.10. The molecule has 0 aromatic heterocycles. The summed E-state index contributed by atoms with van der Waals surface area (Å²) in [6.07, 6.45) is 0.852. The molecule has 0 unspecified atom stereocenters. The third-order valence-electron chi connectivity index (χ3n) is 2.80. The van der Waals surface area contributed by atoms with Crippen molar-refractivity contribution in [3.63, 3.8) is 0 Å². The van der Waals surface area contributed by atoms with Crippen molar-refractivity contribution in [1.82, 2.24) is 10.6 Å². The molecule has 0 heterocycles. The Bertz CT molecular complexity index is 506. The molecule has 0 saturated heterocycles. The Morgan fingerprint density at radius 2 is 2.00 bits per heavy atom. The number of ether oxygens (including phenoxy) is 2. The number of hydrogen-bond donors (Lipinski definition) is 3. The van der Waals surface area contributed by atoms with Gasteiger partial charge in [0, 0.05) is 25.8 Å². The monoisotopic (exact) mass is 309 g/mol. The van der Waals surface area contributed by atoms with Gasteiger partial charge in [0.05, 0.1) is 12.3 Å². The van der Waals surface area contributed by atoms with Crippen LogP contribution in [0.3, 0.4) is 0 Å². The van der Waals surface area contributed by atoms with Gasteiger partial charge in [0.15, 0.2) is 6.61 Å². The summed E-state index contributed by atoms with van der Waals surface area (Å²) in [5.41, 5.74) is 6.57. The van der Waals surface area contributed by atoms with E-state index >= 15 is 0 Å². The molecule has 0 aliphatic rings. The van der Waals surface area contributed by atoms with Crippen molar-refractivity contribution in [2.45, 2.75) is 13.3 Å². The zero-order valence-electron chi connectivity index (χ0n) is 13.0. The van der Waals surface area contributed by atoms with E-state index in [2.05, 4.69) is 10.6 Å². The molecule has 7 heteroatoms. The van der Waals surface area contributed by atoms with Gasteiger partial charge in [0.2, 0.25) is 0 Å². The number of hydrogen-bond acceptors (Lipinski definition) is 5. The van der Waals surface area contributed by atoms with E-state index in [4.69, 9.17) is 15.2 Å². The highest BCUT2D eigenvalue weighted by atomic mass is 16.5. The van der Waals surface area contributed by atoms with E-state index < -0.39 is 0 Å². The molecule has 0 atom stereocenters. The maximum absolute atomic E-state index is 11.9. The second-order valence-corrected chi connectivity index (χ2v) is 4.64. The summed E-state index contributed by atoms with van der Waals surface area (Å²) in [6.45, 7) is 3.26. The Hall–Kier alpha value is -2.28. The molecule has 0 aliphatic heterocycles. The summed E-state index contributed by atoms with van der Waals surface area (Å²) in [4.78, 5) is 23.4. The number of methoxy groups -OCH3 is 1. The Balaban J connectivity index is 2.61. The van der Waals surface area contributed by atoms with Gasteiger partial charge in [0.1, 0.15) is 5.75 Å². The standard InChI is InChI=1S/C15H23N3O4/c1-3-6-17-14(19)10-22-13-9-11(4-5-12(13)16)15(20)18-7-8-21-2/h4-5,9H,3,6-8,10,16H2,1-2H3,(H,17,19)(H,18,20). The predicted octanol–water partition coefficient (Wildman–Crippen LogP) is 0.550. The first-order chi connectivity index (χ1) is 10.6. The maximum Gasteiger partial charge on any atom is 0.257 e. The smallest absolute Gasteiger partial charge is 0.257 e. The molecule has 122 valence electrons. The topological polar surface area (TPSA) is 103 Å². The molecule has 0 fully saturated rings. The number of nitrogens with two attached hydrogens (primary N) is 1. The van der Waals surface area contributed by atoms with Crippen LogP contribution in [0.25, 0.3) is 0 Å². The van der Waals surface area contributed by atoms with Gasteiger partial charge in [-0.2, -0.15) is 0 Å². The fraction of sp³-hybridized carbons (Fsp3) is 0.467. The number of carbonyl (C=O) groups excluding carboxylic acids is 2. The predicted molar refractivity (Wildman–Crippen MR) is 83.9 cm³/mol. The van der Waals surface area contributed by atoms with Gasteiger partial charge in [-0.1, -0.05) is 6.92 Å². The van der Waals surface area contributed by atoms with Crippen LogP contribution in [0.15, 0.2) is 18.2 Å². The molecule has 22 heavy (non-hydrogen) atoms. The van der Waals surface area contributed by atoms with E-state index in [1.165, 1.54) is 6.07 Å². The van der Waals surface area contributed by atoms with Crippen LogP contribution in [-0.4, -0.2) is 45.2 Å². The highest BCUT2D eigenvalue weighted by Crippen LogP contribution is 2.22. The van der Waals surface area contributed by atoms with Crippen molar-refractivity contribution in [2.75, 3.05) is 39.1 Å². The second kappa shape index (κ2) is 9.62. The van der Waals surface area contributed by atoms with E-state index in [0.717, 1.165) is 6.42 Å². The summed E-state index contributed by atoms with van der Waals surface area (Å²) in [6, 6.07) is 4.69. The van der Waals surface area contributed by atoms with E-state index in [1.54, 1.807) is 19.2 Å². The van der Waals surface area contributed by atoms with Crippen molar-refractivity contribution < 1.29 is 19.1 Å². The van der Waals surface area contributed by atoms with Crippen LogP contribution in [0, 0.1) is 0 Å². The molecule has 0 aliphatic carbocycles. The third kappa shape index (κ3) is 6.01. The van der Waals surface area contributed by atoms with Crippen LogP contribution in [0.4, 0.5) is 5.69 Å². The first-order valence-corrected chi connectivity index (χ1v) is 7.14. The van der Waals surface area contributed by atoms with Crippen molar-refractivity contribution in [3.8, 4) is 5.75 Å². The summed E-state index contributed by atoms with van der Waals surface area (Å²) < 4.78 is 10.2. The molecule has 0 bridgehead atoms. The van der Waals surface area contributed by atoms with Crippen LogP contribution in [0.2, 0.25) is 0 Å². The van der Waals surface area contributed by atoms with Gasteiger partial charge in [-0.3, -0.25) is 9.59 Å². The molecule has 1 aromatic rings. The van der Waals surface area contributed by atoms with Gasteiger partial charge in [-0.05, 0) is 24.6 Å². The Kier molecular flexibility index (Phi) is 7.77. The molecule has 0 radical (unpaired) electrons. The first-order valence-electron chi connectivity index (χ1n) is 7.14. The minimum atomic E-state index is -0.252. The summed E-state index contributed by atoms with van der Waals surface area (Å²) in [5, 5.41) is 5.40. The number of carbonyl (C=O) groups is 2. The zero-order valence-corrected chi connectivity index (χ0v) is 13.0. The van der Waals surface area contributed by atoms with Gasteiger partial charge >= 0.3 is 0 Å². The minimum Gasteiger partial charge on any atom is -0.482 e. The summed E-state index contributed by atoms with van der Waals surface area (Å²) in [5.74, 6) is -0.167. The average molecular weight is 309 g/mol. The number of nitrogens with one attached hydrogen (secondary N) is 2. The van der Waals surface area contributed by atoms with Crippen LogP contribution < -0.4 is 21.1 Å². The van der Waals surface area contributed by atoms with E-state index in [1.807, 2.05) is 6.92 Å². The lowest BCUT2D eigenvalue weighted by Crippen LogP contribution is -2.29. The lowest BCUT2D eigenvalue weighted by Gasteiger charge is -2.11. The molecular formula is C15H23N3O4. The fourth-order valence-electron chi connectivity index (χ4n) is 1.63. The summed E-state index contributed by atoms with van der Waals surface area (Å²) >= 11 is 0. The molecular weight excluding hydrogens is 286 g/mol. The van der Waals surface area contributed by atoms with Crippen LogP contribution in [-0.2, 0) is 9.53 Å². The summed E-state index contributed by atoms with van der Waals surface area (Å²) in [7, 11) is 1.56. The number of rotatable bonds is 9. The number of anilines is 1. The second-order valence-electron chi connectivity index (χ2n) is 4.64. The average Bonchev–Trinajstić information content (AvgIpc) is 2.52. The molecule has 1 aromatic carbocycles. The van der Waals surface area contributed by atoms with E-state index in [-0.39, 0.29) is 18.4 Å². The van der Waals surface area contributed by atoms with Crippen molar-refractivity contribution >= 4 is 17.5 Å². The van der Waals surface area contributed by atoms with E-state index in [0.29, 0.717) is 36.7 Å². The third-order valence-corrected chi connectivity index (χ3v) is 2.80. The normalized spacial score (nSPS) is 10.1. The highest BCUT2D eigenvalue weighted by molar-refractivity contribution is 5.95. The Morgan fingerprint density at radius 1 is 1.23 bits per heavy atom. The van der Waals surface area contributed by atoms with Gasteiger partial charge in [-0.15, -0.1) is 0 Å². The van der Waals surface area contributed by atoms with Crippen LogP contribution in [0.5, 0.6) is 5.75 Å². The largest absolute Gasteiger partial charge is 0.482 e. The minimum absolute atomic E-state index is 0.140. The quantitative estimate of drug-likeness (QED) is 0.456. The van der Waals surface area contributed by atoms with Crippen LogP contribution >= 0.6 is 0 Å². The number of benzene rings is 1. The number of amides is 2. The Labute approximate surface area is 130 Å². The fourth-order valence-corrected chi connectivity index (χ4v) is 1.63. The van der Waals surface area contributed by atoms with Crippen LogP contribution in [0.1, 0.15) is 23.7 Å². The van der Waals surface area contributed by atoms with Gasteiger partial charge < -0.3 is 25.8 Å². The SMILES string of the molecule is CCCNC(=O)COc1cc(C(=O)NCCOC)ccc1N. The maximum atomic E-state index is 11.9. The Morgan fingerprint density at radius 3 is 2.68 bits per heavy atom. The molecule has 0 spiro atoms. The molecule has 4 N–H and O–H groups in total. The lowest BCUT2D eigenvalue weighted by molar-refractivity contribution is -0.123. The van der Waals surface area contributed by atoms with Crippen molar-refractivity contribution in [1.29, 1.82) is 0 Å². The van der Waals surface area contributed by atoms with Gasteiger partial charge in [-0.25, -0.2) is 0 Å². The molecule has 0 saturated carbocycles. The molecule has 2 amide bonds. The van der Waals surface area contributed by atoms with Gasteiger partial charge in [0.25, 0.3) is 11.8 Å². The number of nitrogen functional groups attached to an aromatic ring is 1. The van der Waals surface area contributed by atoms with Crippen molar-refractivity contribution in [2.24, 2.45) is 0 Å². The molecule has 1 rings (SSSR count). The zero-order chi connectivity index (χ0) is 16.4. The first kappa shape index (κ1) is 17.8. The van der Waals surface area contributed by atoms with E-state index in [9.17, 15) is 9.59 Å². The molecule has 7 nitrogen and oxygen atoms in total. The van der Waals surface area contributed by atoms with Crippen molar-refractivity contribution in [3.05, 3.63) is 23.8 Å².